The molecule has 10 heteroatoms. The summed E-state index contributed by atoms with van der Waals surface area (Å²) in [5.74, 6) is 0.718. The molecule has 0 spiro atoms. The minimum atomic E-state index is -3.69. The number of sulfonamides is 1. The number of amides is 2. The number of benzene rings is 2. The highest BCUT2D eigenvalue weighted by Gasteiger charge is 2.24. The van der Waals surface area contributed by atoms with Crippen LogP contribution in [0.25, 0.3) is 0 Å². The van der Waals surface area contributed by atoms with Gasteiger partial charge in [-0.3, -0.25) is 13.9 Å². The van der Waals surface area contributed by atoms with Crippen molar-refractivity contribution in [1.82, 2.24) is 10.2 Å². The Hall–Kier alpha value is -3.27. The Balaban J connectivity index is 1.35. The fourth-order valence-electron chi connectivity index (χ4n) is 3.68. The summed E-state index contributed by atoms with van der Waals surface area (Å²) in [6.45, 7) is 1.36. The van der Waals surface area contributed by atoms with E-state index in [9.17, 15) is 18.0 Å². The molecule has 1 N–H and O–H groups in total. The van der Waals surface area contributed by atoms with Gasteiger partial charge in [-0.2, -0.15) is 0 Å². The summed E-state index contributed by atoms with van der Waals surface area (Å²) in [7, 11) is -3.69. The van der Waals surface area contributed by atoms with Gasteiger partial charge < -0.3 is 19.7 Å². The molecule has 0 unspecified atom stereocenters. The molecule has 4 rings (SSSR count). The van der Waals surface area contributed by atoms with Crippen LogP contribution >= 0.6 is 0 Å². The van der Waals surface area contributed by atoms with Crippen molar-refractivity contribution in [1.29, 1.82) is 0 Å². The average molecular weight is 460 g/mol. The summed E-state index contributed by atoms with van der Waals surface area (Å²) in [4.78, 5) is 26.1. The van der Waals surface area contributed by atoms with Crippen molar-refractivity contribution in [3.8, 4) is 11.5 Å². The van der Waals surface area contributed by atoms with E-state index in [2.05, 4.69) is 5.32 Å². The third-order valence-corrected chi connectivity index (χ3v) is 6.53. The maximum Gasteiger partial charge on any atom is 0.241 e. The molecule has 0 aliphatic carbocycles. The van der Waals surface area contributed by atoms with E-state index in [1.807, 2.05) is 29.2 Å². The number of hydrogen-bond acceptors (Lipinski definition) is 6. The van der Waals surface area contributed by atoms with E-state index in [-0.39, 0.29) is 25.8 Å². The van der Waals surface area contributed by atoms with Crippen LogP contribution in [0.2, 0.25) is 0 Å². The zero-order valence-corrected chi connectivity index (χ0v) is 18.6. The van der Waals surface area contributed by atoms with E-state index in [1.165, 1.54) is 0 Å². The summed E-state index contributed by atoms with van der Waals surface area (Å²) < 4.78 is 36.2. The highest BCUT2D eigenvalue weighted by atomic mass is 32.2. The molecule has 0 aromatic heterocycles. The molecule has 2 amide bonds. The topological polar surface area (TPSA) is 105 Å². The highest BCUT2D eigenvalue weighted by molar-refractivity contribution is 7.92. The van der Waals surface area contributed by atoms with E-state index in [0.717, 1.165) is 34.7 Å². The molecule has 0 saturated carbocycles. The summed E-state index contributed by atoms with van der Waals surface area (Å²) in [5.41, 5.74) is 2.23. The van der Waals surface area contributed by atoms with E-state index in [0.29, 0.717) is 30.2 Å². The van der Waals surface area contributed by atoms with E-state index in [4.69, 9.17) is 9.47 Å². The lowest BCUT2D eigenvalue weighted by molar-refractivity contribution is -0.128. The van der Waals surface area contributed by atoms with Crippen LogP contribution in [0.15, 0.2) is 42.5 Å². The van der Waals surface area contributed by atoms with Gasteiger partial charge in [0.2, 0.25) is 28.6 Å². The lowest BCUT2D eigenvalue weighted by Gasteiger charge is -2.22. The van der Waals surface area contributed by atoms with Gasteiger partial charge in [0.25, 0.3) is 0 Å². The van der Waals surface area contributed by atoms with Crippen LogP contribution in [0.4, 0.5) is 5.69 Å². The van der Waals surface area contributed by atoms with E-state index >= 15 is 0 Å². The predicted octanol–water partition coefficient (Wildman–Crippen LogP) is 1.62. The predicted molar refractivity (Wildman–Crippen MR) is 118 cm³/mol. The first kappa shape index (κ1) is 21.9. The van der Waals surface area contributed by atoms with Gasteiger partial charge in [0.05, 0.1) is 11.9 Å². The second-order valence-electron chi connectivity index (χ2n) is 7.82. The number of ether oxygens (including phenoxy) is 2. The van der Waals surface area contributed by atoms with E-state index in [1.54, 1.807) is 18.2 Å². The van der Waals surface area contributed by atoms with Crippen molar-refractivity contribution in [2.75, 3.05) is 30.4 Å². The number of fused-ring (bicyclic) bond motifs is 1. The minimum Gasteiger partial charge on any atom is -0.454 e. The molecule has 2 heterocycles. The van der Waals surface area contributed by atoms with Crippen LogP contribution in [-0.2, 0) is 32.7 Å². The molecule has 32 heavy (non-hydrogen) atoms. The Morgan fingerprint density at radius 2 is 1.81 bits per heavy atom. The first-order chi connectivity index (χ1) is 15.3. The van der Waals surface area contributed by atoms with Crippen molar-refractivity contribution in [2.24, 2.45) is 0 Å². The number of nitrogens with zero attached hydrogens (tertiary/aromatic N) is 2. The molecule has 0 atom stereocenters. The number of likely N-dealkylation sites (tertiary alicyclic amines) is 1. The van der Waals surface area contributed by atoms with Crippen molar-refractivity contribution in [3.05, 3.63) is 53.6 Å². The van der Waals surface area contributed by atoms with Gasteiger partial charge in [-0.25, -0.2) is 8.42 Å². The maximum absolute atomic E-state index is 12.5. The van der Waals surface area contributed by atoms with Gasteiger partial charge in [-0.1, -0.05) is 24.3 Å². The molecular formula is C22H25N3O6S. The Bertz CT molecular complexity index is 1120. The van der Waals surface area contributed by atoms with Crippen LogP contribution in [0, 0.1) is 0 Å². The molecule has 2 aliphatic heterocycles. The van der Waals surface area contributed by atoms with Gasteiger partial charge in [0.1, 0.15) is 6.54 Å². The molecule has 0 radical (unpaired) electrons. The van der Waals surface area contributed by atoms with Crippen molar-refractivity contribution < 1.29 is 27.5 Å². The normalized spacial score (nSPS) is 15.2. The SMILES string of the molecule is CS(=O)(=O)N(CC(=O)NCc1ccc(CN2CCCC2=O)cc1)c1ccc2c(c1)OCO2. The molecule has 9 nitrogen and oxygen atoms in total. The van der Waals surface area contributed by atoms with Crippen LogP contribution < -0.4 is 19.1 Å². The summed E-state index contributed by atoms with van der Waals surface area (Å²) in [6, 6.07) is 12.4. The summed E-state index contributed by atoms with van der Waals surface area (Å²) >= 11 is 0. The second-order valence-corrected chi connectivity index (χ2v) is 9.73. The first-order valence-electron chi connectivity index (χ1n) is 10.3. The molecule has 1 fully saturated rings. The molecule has 2 aliphatic rings. The number of nitrogens with one attached hydrogen (secondary N) is 1. The molecule has 1 saturated heterocycles. The number of carbonyl (C=O) groups excluding carboxylic acids is 2. The molecule has 2 aromatic rings. The van der Waals surface area contributed by atoms with Gasteiger partial charge >= 0.3 is 0 Å². The minimum absolute atomic E-state index is 0.0747. The van der Waals surface area contributed by atoms with E-state index < -0.39 is 15.9 Å². The Labute approximate surface area is 187 Å². The Kier molecular flexibility index (Phi) is 6.22. The molecule has 170 valence electrons. The standard InChI is InChI=1S/C22H25N3O6S/c1-32(28,29)25(18-8-9-19-20(11-18)31-15-30-19)14-21(26)23-12-16-4-6-17(7-5-16)13-24-10-2-3-22(24)27/h4-9,11H,2-3,10,12-15H2,1H3,(H,23,26). The third-order valence-electron chi connectivity index (χ3n) is 5.39. The fraction of sp³-hybridized carbons (Fsp3) is 0.364. The number of hydrogen-bond donors (Lipinski definition) is 1. The highest BCUT2D eigenvalue weighted by Crippen LogP contribution is 2.36. The van der Waals surface area contributed by atoms with Crippen molar-refractivity contribution >= 4 is 27.5 Å². The van der Waals surface area contributed by atoms with Crippen LogP contribution in [0.3, 0.4) is 0 Å². The van der Waals surface area contributed by atoms with Crippen LogP contribution in [0.1, 0.15) is 24.0 Å². The van der Waals surface area contributed by atoms with Gasteiger partial charge in [0.15, 0.2) is 11.5 Å². The van der Waals surface area contributed by atoms with Crippen molar-refractivity contribution in [2.45, 2.75) is 25.9 Å². The van der Waals surface area contributed by atoms with Crippen molar-refractivity contribution in [3.63, 3.8) is 0 Å². The fourth-order valence-corrected chi connectivity index (χ4v) is 4.53. The zero-order chi connectivity index (χ0) is 22.7. The lowest BCUT2D eigenvalue weighted by atomic mass is 10.1. The van der Waals surface area contributed by atoms with Crippen LogP contribution in [0.5, 0.6) is 11.5 Å². The molecular weight excluding hydrogens is 434 g/mol. The monoisotopic (exact) mass is 459 g/mol. The largest absolute Gasteiger partial charge is 0.454 e. The number of anilines is 1. The zero-order valence-electron chi connectivity index (χ0n) is 17.7. The smallest absolute Gasteiger partial charge is 0.241 e. The quantitative estimate of drug-likeness (QED) is 0.643. The van der Waals surface area contributed by atoms with Gasteiger partial charge in [0, 0.05) is 32.1 Å². The van der Waals surface area contributed by atoms with Gasteiger partial charge in [-0.05, 0) is 29.7 Å². The summed E-state index contributed by atoms with van der Waals surface area (Å²) in [5, 5.41) is 2.76. The van der Waals surface area contributed by atoms with Gasteiger partial charge in [-0.15, -0.1) is 0 Å². The molecule has 2 aromatic carbocycles. The Morgan fingerprint density at radius 1 is 1.09 bits per heavy atom. The summed E-state index contributed by atoms with van der Waals surface area (Å²) in [6.07, 6.45) is 2.56. The van der Waals surface area contributed by atoms with Crippen LogP contribution in [-0.4, -0.2) is 51.3 Å². The number of rotatable bonds is 8. The first-order valence-corrected chi connectivity index (χ1v) is 12.1. The number of carbonyl (C=O) groups is 2. The maximum atomic E-state index is 12.5. The lowest BCUT2D eigenvalue weighted by Crippen LogP contribution is -2.40. The third kappa shape index (κ3) is 5.13. The molecule has 0 bridgehead atoms. The second kappa shape index (κ2) is 9.07. The Morgan fingerprint density at radius 3 is 2.50 bits per heavy atom. The average Bonchev–Trinajstić information content (AvgIpc) is 3.39.